The van der Waals surface area contributed by atoms with Crippen molar-refractivity contribution in [1.29, 1.82) is 0 Å². The van der Waals surface area contributed by atoms with Crippen LogP contribution in [0.3, 0.4) is 0 Å². The minimum atomic E-state index is -3.69. The molecule has 0 aliphatic heterocycles. The molecule has 0 heterocycles. The van der Waals surface area contributed by atoms with Gasteiger partial charge in [0.2, 0.25) is 10.0 Å². The second-order valence-electron chi connectivity index (χ2n) is 4.87. The average Bonchev–Trinajstić information content (AvgIpc) is 2.40. The van der Waals surface area contributed by atoms with Crippen LogP contribution in [0.2, 0.25) is 0 Å². The van der Waals surface area contributed by atoms with E-state index in [0.29, 0.717) is 18.4 Å². The molecule has 0 spiro atoms. The third kappa shape index (κ3) is 6.22. The number of halogens is 1. The van der Waals surface area contributed by atoms with Crippen molar-refractivity contribution in [2.24, 2.45) is 0 Å². The smallest absolute Gasteiger partial charge is 0.303 e. The molecule has 1 aromatic rings. The molecule has 0 unspecified atom stereocenters. The number of sulfonamides is 1. The molecule has 1 rings (SSSR count). The van der Waals surface area contributed by atoms with Crippen LogP contribution in [0.5, 0.6) is 0 Å². The number of hydrogen-bond acceptors (Lipinski definition) is 3. The minimum Gasteiger partial charge on any atom is -0.481 e. The van der Waals surface area contributed by atoms with E-state index < -0.39 is 21.8 Å². The van der Waals surface area contributed by atoms with Crippen LogP contribution >= 0.6 is 0 Å². The fourth-order valence-electron chi connectivity index (χ4n) is 1.79. The third-order valence-electron chi connectivity index (χ3n) is 3.06. The lowest BCUT2D eigenvalue weighted by molar-refractivity contribution is -0.137. The largest absolute Gasteiger partial charge is 0.481 e. The average molecular weight is 317 g/mol. The number of aliphatic carboxylic acids is 1. The van der Waals surface area contributed by atoms with E-state index in [9.17, 15) is 17.6 Å². The summed E-state index contributed by atoms with van der Waals surface area (Å²) < 4.78 is 39.6. The molecule has 21 heavy (non-hydrogen) atoms. The molecular formula is C14H20FNO4S. The molecule has 118 valence electrons. The standard InChI is InChI=1S/C14H20FNO4S/c1-11-7-8-12(10-13(11)15)21(19,20)16-9-5-3-2-4-6-14(17)18/h7-8,10,16H,2-6,9H2,1H3,(H,17,18). The van der Waals surface area contributed by atoms with Gasteiger partial charge in [0.05, 0.1) is 4.90 Å². The van der Waals surface area contributed by atoms with Gasteiger partial charge < -0.3 is 5.11 Å². The highest BCUT2D eigenvalue weighted by molar-refractivity contribution is 7.89. The molecular weight excluding hydrogens is 297 g/mol. The molecule has 0 saturated carbocycles. The summed E-state index contributed by atoms with van der Waals surface area (Å²) in [5, 5.41) is 8.47. The molecule has 0 aliphatic rings. The van der Waals surface area contributed by atoms with Crippen molar-refractivity contribution in [3.8, 4) is 0 Å². The van der Waals surface area contributed by atoms with Crippen molar-refractivity contribution in [2.45, 2.75) is 43.9 Å². The Morgan fingerprint density at radius 1 is 1.24 bits per heavy atom. The van der Waals surface area contributed by atoms with E-state index in [1.807, 2.05) is 0 Å². The number of carboxylic acids is 1. The lowest BCUT2D eigenvalue weighted by Crippen LogP contribution is -2.25. The van der Waals surface area contributed by atoms with E-state index >= 15 is 0 Å². The van der Waals surface area contributed by atoms with Crippen molar-refractivity contribution in [3.05, 3.63) is 29.6 Å². The Morgan fingerprint density at radius 2 is 1.90 bits per heavy atom. The zero-order chi connectivity index (χ0) is 15.9. The van der Waals surface area contributed by atoms with Gasteiger partial charge in [-0.2, -0.15) is 0 Å². The minimum absolute atomic E-state index is 0.0866. The topological polar surface area (TPSA) is 83.5 Å². The Hall–Kier alpha value is -1.47. The first-order valence-electron chi connectivity index (χ1n) is 6.80. The molecule has 0 aromatic heterocycles. The Bertz CT molecular complexity index is 587. The first-order chi connectivity index (χ1) is 9.83. The maximum absolute atomic E-state index is 13.4. The fraction of sp³-hybridized carbons (Fsp3) is 0.500. The van der Waals surface area contributed by atoms with Crippen molar-refractivity contribution >= 4 is 16.0 Å². The highest BCUT2D eigenvalue weighted by Crippen LogP contribution is 2.14. The molecule has 0 fully saturated rings. The molecule has 0 radical (unpaired) electrons. The van der Waals surface area contributed by atoms with Crippen LogP contribution in [-0.4, -0.2) is 26.0 Å². The van der Waals surface area contributed by atoms with Crippen molar-refractivity contribution in [1.82, 2.24) is 4.72 Å². The summed E-state index contributed by atoms with van der Waals surface area (Å²) in [7, 11) is -3.69. The number of benzene rings is 1. The van der Waals surface area contributed by atoms with Gasteiger partial charge >= 0.3 is 5.97 Å². The molecule has 0 saturated heterocycles. The summed E-state index contributed by atoms with van der Waals surface area (Å²) in [6.07, 6.45) is 2.83. The predicted molar refractivity (Wildman–Crippen MR) is 77.0 cm³/mol. The molecule has 5 nitrogen and oxygen atoms in total. The molecule has 7 heteroatoms. The van der Waals surface area contributed by atoms with Gasteiger partial charge in [-0.1, -0.05) is 18.9 Å². The van der Waals surface area contributed by atoms with E-state index in [4.69, 9.17) is 5.11 Å². The van der Waals surface area contributed by atoms with Crippen LogP contribution in [-0.2, 0) is 14.8 Å². The van der Waals surface area contributed by atoms with Gasteiger partial charge in [-0.3, -0.25) is 4.79 Å². The number of rotatable bonds is 9. The van der Waals surface area contributed by atoms with Crippen molar-refractivity contribution < 1.29 is 22.7 Å². The lowest BCUT2D eigenvalue weighted by atomic mass is 10.1. The van der Waals surface area contributed by atoms with E-state index in [1.165, 1.54) is 12.1 Å². The van der Waals surface area contributed by atoms with Gasteiger partial charge in [0.15, 0.2) is 0 Å². The van der Waals surface area contributed by atoms with Crippen molar-refractivity contribution in [2.75, 3.05) is 6.54 Å². The number of unbranched alkanes of at least 4 members (excludes halogenated alkanes) is 3. The summed E-state index contributed by atoms with van der Waals surface area (Å²) in [6.45, 7) is 1.82. The zero-order valence-corrected chi connectivity index (χ0v) is 12.7. The first-order valence-corrected chi connectivity index (χ1v) is 8.29. The van der Waals surface area contributed by atoms with Crippen LogP contribution in [0.25, 0.3) is 0 Å². The Labute approximate surface area is 124 Å². The first kappa shape index (κ1) is 17.6. The highest BCUT2D eigenvalue weighted by atomic mass is 32.2. The van der Waals surface area contributed by atoms with E-state index in [-0.39, 0.29) is 17.9 Å². The molecule has 1 aromatic carbocycles. The summed E-state index contributed by atoms with van der Waals surface area (Å²) in [5.74, 6) is -1.37. The zero-order valence-electron chi connectivity index (χ0n) is 11.9. The number of carboxylic acid groups (broad SMARTS) is 1. The van der Waals surface area contributed by atoms with Crippen LogP contribution < -0.4 is 4.72 Å². The van der Waals surface area contributed by atoms with Crippen LogP contribution in [0.1, 0.15) is 37.7 Å². The maximum Gasteiger partial charge on any atom is 0.303 e. The fourth-order valence-corrected chi connectivity index (χ4v) is 2.87. The van der Waals surface area contributed by atoms with Crippen LogP contribution in [0.15, 0.2) is 23.1 Å². The van der Waals surface area contributed by atoms with E-state index in [0.717, 1.165) is 18.9 Å². The van der Waals surface area contributed by atoms with Gasteiger partial charge in [0.25, 0.3) is 0 Å². The van der Waals surface area contributed by atoms with Crippen LogP contribution in [0, 0.1) is 12.7 Å². The summed E-state index contributed by atoms with van der Waals surface area (Å²) in [5.41, 5.74) is 0.396. The Balaban J connectivity index is 2.36. The summed E-state index contributed by atoms with van der Waals surface area (Å²) in [4.78, 5) is 10.2. The second kappa shape index (κ2) is 8.09. The SMILES string of the molecule is Cc1ccc(S(=O)(=O)NCCCCCCC(=O)O)cc1F. The summed E-state index contributed by atoms with van der Waals surface area (Å²) in [6, 6.07) is 3.80. The number of nitrogens with one attached hydrogen (secondary N) is 1. The maximum atomic E-state index is 13.4. The van der Waals surface area contributed by atoms with E-state index in [2.05, 4.69) is 4.72 Å². The van der Waals surface area contributed by atoms with Crippen LogP contribution in [0.4, 0.5) is 4.39 Å². The van der Waals surface area contributed by atoms with Gasteiger partial charge in [0, 0.05) is 13.0 Å². The van der Waals surface area contributed by atoms with Crippen molar-refractivity contribution in [3.63, 3.8) is 0 Å². The number of hydrogen-bond donors (Lipinski definition) is 2. The normalized spacial score (nSPS) is 11.5. The molecule has 0 bridgehead atoms. The van der Waals surface area contributed by atoms with E-state index in [1.54, 1.807) is 6.92 Å². The predicted octanol–water partition coefficient (Wildman–Crippen LogP) is 2.45. The Morgan fingerprint density at radius 3 is 2.52 bits per heavy atom. The lowest BCUT2D eigenvalue weighted by Gasteiger charge is -2.07. The van der Waals surface area contributed by atoms with Gasteiger partial charge in [-0.15, -0.1) is 0 Å². The van der Waals surface area contributed by atoms with Gasteiger partial charge in [0.1, 0.15) is 5.82 Å². The van der Waals surface area contributed by atoms with Gasteiger partial charge in [-0.05, 0) is 37.5 Å². The highest BCUT2D eigenvalue weighted by Gasteiger charge is 2.14. The van der Waals surface area contributed by atoms with Gasteiger partial charge in [-0.25, -0.2) is 17.5 Å². The Kier molecular flexibility index (Phi) is 6.77. The molecule has 0 amide bonds. The second-order valence-corrected chi connectivity index (χ2v) is 6.63. The summed E-state index contributed by atoms with van der Waals surface area (Å²) >= 11 is 0. The quantitative estimate of drug-likeness (QED) is 0.685. The number of aryl methyl sites for hydroxylation is 1. The third-order valence-corrected chi connectivity index (χ3v) is 4.52. The monoisotopic (exact) mass is 317 g/mol. The molecule has 2 N–H and O–H groups in total. The molecule has 0 aliphatic carbocycles. The molecule has 0 atom stereocenters. The number of carbonyl (C=O) groups is 1.